The number of imidazole rings is 1. The lowest BCUT2D eigenvalue weighted by atomic mass is 9.99. The van der Waals surface area contributed by atoms with E-state index in [0.29, 0.717) is 37.0 Å². The average Bonchev–Trinajstić information content (AvgIpc) is 3.45. The summed E-state index contributed by atoms with van der Waals surface area (Å²) < 4.78 is 20.0. The van der Waals surface area contributed by atoms with Gasteiger partial charge in [-0.1, -0.05) is 12.1 Å². The highest BCUT2D eigenvalue weighted by molar-refractivity contribution is 7.09. The van der Waals surface area contributed by atoms with E-state index in [2.05, 4.69) is 15.0 Å². The van der Waals surface area contributed by atoms with Crippen molar-refractivity contribution in [3.63, 3.8) is 0 Å². The lowest BCUT2D eigenvalue weighted by molar-refractivity contribution is -0.133. The topological polar surface area (TPSA) is 75.0 Å². The molecule has 4 aromatic rings. The van der Waals surface area contributed by atoms with E-state index in [9.17, 15) is 9.18 Å². The number of hydrogen-bond donors (Lipinski definition) is 1. The molecule has 0 fully saturated rings. The lowest BCUT2D eigenvalue weighted by Gasteiger charge is -2.33. The SMILES string of the molecule is O=C(CCc1nccs1)N1CCc2[nH]cnc2[C@@H]1c1cc2cccc(F)c2o1. The standard InChI is InChI=1S/C20H17FN4O2S/c21-13-3-1-2-12-10-15(27-20(12)13)19-18-14(23-11-24-18)6-8-25(19)17(26)5-4-16-22-7-9-28-16/h1-3,7,9-11,19H,4-6,8H2,(H,23,24)/t19-/m0/s1. The molecule has 1 atom stereocenters. The number of aryl methyl sites for hydroxylation is 1. The van der Waals surface area contributed by atoms with E-state index in [-0.39, 0.29) is 11.5 Å². The quantitative estimate of drug-likeness (QED) is 0.568. The van der Waals surface area contributed by atoms with Gasteiger partial charge in [0.1, 0.15) is 11.8 Å². The number of nitrogens with zero attached hydrogens (tertiary/aromatic N) is 3. The maximum absolute atomic E-state index is 14.1. The van der Waals surface area contributed by atoms with E-state index < -0.39 is 11.9 Å². The second-order valence-corrected chi connectivity index (χ2v) is 7.72. The summed E-state index contributed by atoms with van der Waals surface area (Å²) in [4.78, 5) is 26.7. The first-order valence-electron chi connectivity index (χ1n) is 9.08. The van der Waals surface area contributed by atoms with Gasteiger partial charge in [0.15, 0.2) is 11.4 Å². The summed E-state index contributed by atoms with van der Waals surface area (Å²) in [6.45, 7) is 0.552. The van der Waals surface area contributed by atoms with E-state index in [1.807, 2.05) is 5.38 Å². The zero-order valence-electron chi connectivity index (χ0n) is 14.9. The average molecular weight is 396 g/mol. The van der Waals surface area contributed by atoms with Gasteiger partial charge in [0.2, 0.25) is 5.91 Å². The van der Waals surface area contributed by atoms with E-state index >= 15 is 0 Å². The molecular weight excluding hydrogens is 379 g/mol. The van der Waals surface area contributed by atoms with Crippen LogP contribution in [-0.4, -0.2) is 32.3 Å². The van der Waals surface area contributed by atoms with Crippen molar-refractivity contribution in [3.8, 4) is 0 Å². The number of para-hydroxylation sites is 1. The molecule has 0 radical (unpaired) electrons. The molecule has 1 aliphatic heterocycles. The Morgan fingerprint density at radius 1 is 1.39 bits per heavy atom. The number of amides is 1. The third-order valence-electron chi connectivity index (χ3n) is 5.07. The molecule has 0 saturated heterocycles. The molecule has 1 aliphatic rings. The van der Waals surface area contributed by atoms with Gasteiger partial charge in [0, 0.05) is 48.5 Å². The summed E-state index contributed by atoms with van der Waals surface area (Å²) in [5.41, 5.74) is 1.94. The third kappa shape index (κ3) is 2.90. The molecule has 0 spiro atoms. The van der Waals surface area contributed by atoms with Crippen molar-refractivity contribution in [1.29, 1.82) is 0 Å². The van der Waals surface area contributed by atoms with Crippen LogP contribution in [0.3, 0.4) is 0 Å². The predicted octanol–water partition coefficient (Wildman–Crippen LogP) is 3.86. The molecule has 3 aromatic heterocycles. The Hall–Kier alpha value is -3.00. The Morgan fingerprint density at radius 3 is 3.14 bits per heavy atom. The van der Waals surface area contributed by atoms with E-state index in [4.69, 9.17) is 4.42 Å². The van der Waals surface area contributed by atoms with E-state index in [1.165, 1.54) is 6.07 Å². The van der Waals surface area contributed by atoms with Gasteiger partial charge in [-0.15, -0.1) is 11.3 Å². The molecule has 4 heterocycles. The van der Waals surface area contributed by atoms with Gasteiger partial charge in [-0.05, 0) is 12.1 Å². The maximum Gasteiger partial charge on any atom is 0.223 e. The van der Waals surface area contributed by atoms with Gasteiger partial charge < -0.3 is 14.3 Å². The number of fused-ring (bicyclic) bond motifs is 2. The van der Waals surface area contributed by atoms with Gasteiger partial charge in [-0.2, -0.15) is 0 Å². The predicted molar refractivity (Wildman–Crippen MR) is 102 cm³/mol. The molecule has 0 aliphatic carbocycles. The second kappa shape index (κ2) is 6.87. The first kappa shape index (κ1) is 17.1. The van der Waals surface area contributed by atoms with Gasteiger partial charge in [0.05, 0.1) is 17.0 Å². The fraction of sp³-hybridized carbons (Fsp3) is 0.250. The molecule has 8 heteroatoms. The summed E-state index contributed by atoms with van der Waals surface area (Å²) in [6, 6.07) is 6.15. The van der Waals surface area contributed by atoms with Crippen molar-refractivity contribution in [1.82, 2.24) is 19.9 Å². The number of aromatic amines is 1. The van der Waals surface area contributed by atoms with Crippen molar-refractivity contribution in [2.45, 2.75) is 25.3 Å². The highest BCUT2D eigenvalue weighted by Crippen LogP contribution is 2.37. The smallest absolute Gasteiger partial charge is 0.223 e. The molecule has 6 nitrogen and oxygen atoms in total. The Kier molecular flexibility index (Phi) is 4.20. The third-order valence-corrected chi connectivity index (χ3v) is 5.91. The van der Waals surface area contributed by atoms with Crippen LogP contribution in [-0.2, 0) is 17.6 Å². The van der Waals surface area contributed by atoms with Crippen LogP contribution in [0.25, 0.3) is 11.0 Å². The van der Waals surface area contributed by atoms with E-state index in [0.717, 1.165) is 16.4 Å². The van der Waals surface area contributed by atoms with Gasteiger partial charge in [-0.25, -0.2) is 14.4 Å². The van der Waals surface area contributed by atoms with Crippen molar-refractivity contribution in [2.75, 3.05) is 6.54 Å². The zero-order valence-corrected chi connectivity index (χ0v) is 15.7. The Bertz CT molecular complexity index is 1130. The molecule has 0 bridgehead atoms. The van der Waals surface area contributed by atoms with Crippen molar-refractivity contribution >= 4 is 28.2 Å². The first-order chi connectivity index (χ1) is 13.7. The fourth-order valence-electron chi connectivity index (χ4n) is 3.75. The molecule has 0 unspecified atom stereocenters. The summed E-state index contributed by atoms with van der Waals surface area (Å²) in [5, 5.41) is 3.52. The number of halogens is 1. The number of hydrogen-bond acceptors (Lipinski definition) is 5. The highest BCUT2D eigenvalue weighted by Gasteiger charge is 2.36. The van der Waals surface area contributed by atoms with Gasteiger partial charge in [-0.3, -0.25) is 4.79 Å². The fourth-order valence-corrected chi connectivity index (χ4v) is 4.37. The van der Waals surface area contributed by atoms with Gasteiger partial charge >= 0.3 is 0 Å². The molecule has 1 N–H and O–H groups in total. The Labute approximate surface area is 164 Å². The van der Waals surface area contributed by atoms with Crippen LogP contribution in [0.15, 0.2) is 46.6 Å². The minimum Gasteiger partial charge on any atom is -0.455 e. The largest absolute Gasteiger partial charge is 0.455 e. The van der Waals surface area contributed by atoms with E-state index in [1.54, 1.807) is 47.0 Å². The maximum atomic E-state index is 14.1. The molecule has 0 saturated carbocycles. The minimum absolute atomic E-state index is 0.00905. The first-order valence-corrected chi connectivity index (χ1v) is 9.96. The van der Waals surface area contributed by atoms with Crippen molar-refractivity contribution in [2.24, 2.45) is 0 Å². The monoisotopic (exact) mass is 396 g/mol. The number of H-pyrrole nitrogens is 1. The lowest BCUT2D eigenvalue weighted by Crippen LogP contribution is -2.40. The van der Waals surface area contributed by atoms with Crippen LogP contribution in [0.1, 0.15) is 34.6 Å². The molecule has 1 amide bonds. The zero-order chi connectivity index (χ0) is 19.1. The van der Waals surface area contributed by atoms with Crippen LogP contribution in [0.4, 0.5) is 4.39 Å². The van der Waals surface area contributed by atoms with Gasteiger partial charge in [0.25, 0.3) is 0 Å². The van der Waals surface area contributed by atoms with Crippen LogP contribution < -0.4 is 0 Å². The molecule has 1 aromatic carbocycles. The Balaban J connectivity index is 1.50. The number of aromatic nitrogens is 3. The van der Waals surface area contributed by atoms with Crippen LogP contribution >= 0.6 is 11.3 Å². The van der Waals surface area contributed by atoms with Crippen molar-refractivity contribution < 1.29 is 13.6 Å². The molecule has 142 valence electrons. The van der Waals surface area contributed by atoms with Crippen LogP contribution in [0.2, 0.25) is 0 Å². The molecular formula is C20H17FN4O2S. The molecule has 28 heavy (non-hydrogen) atoms. The highest BCUT2D eigenvalue weighted by atomic mass is 32.1. The number of thiazole rings is 1. The molecule has 5 rings (SSSR count). The number of nitrogens with one attached hydrogen (secondary N) is 1. The van der Waals surface area contributed by atoms with Crippen LogP contribution in [0.5, 0.6) is 0 Å². The second-order valence-electron chi connectivity index (χ2n) is 6.74. The van der Waals surface area contributed by atoms with Crippen LogP contribution in [0, 0.1) is 5.82 Å². The summed E-state index contributed by atoms with van der Waals surface area (Å²) >= 11 is 1.54. The number of furan rings is 1. The summed E-state index contributed by atoms with van der Waals surface area (Å²) in [7, 11) is 0. The number of carbonyl (C=O) groups excluding carboxylic acids is 1. The normalized spacial score (nSPS) is 16.5. The minimum atomic E-state index is -0.467. The number of benzene rings is 1. The van der Waals surface area contributed by atoms with Crippen molar-refractivity contribution in [3.05, 3.63) is 70.1 Å². The Morgan fingerprint density at radius 2 is 2.32 bits per heavy atom. The number of carbonyl (C=O) groups is 1. The summed E-state index contributed by atoms with van der Waals surface area (Å²) in [5.74, 6) is 0.119. The number of rotatable bonds is 4. The summed E-state index contributed by atoms with van der Waals surface area (Å²) in [6.07, 6.45) is 5.03.